The number of unbranched alkanes of at least 4 members (excludes halogenated alkanes) is 2. The third kappa shape index (κ3) is 7.72. The summed E-state index contributed by atoms with van der Waals surface area (Å²) in [5.41, 5.74) is 4.85. The van der Waals surface area contributed by atoms with Crippen molar-refractivity contribution in [3.63, 3.8) is 0 Å². The second-order valence-corrected chi connectivity index (χ2v) is 13.9. The van der Waals surface area contributed by atoms with Crippen molar-refractivity contribution in [2.45, 2.75) is 65.5 Å². The van der Waals surface area contributed by atoms with Crippen LogP contribution in [0.3, 0.4) is 0 Å². The van der Waals surface area contributed by atoms with Gasteiger partial charge in [-0.2, -0.15) is 5.10 Å². The Bertz CT molecular complexity index is 1750. The number of thiophene rings is 1. The molecule has 5 rings (SSSR count). The van der Waals surface area contributed by atoms with E-state index in [1.165, 1.54) is 18.4 Å². The van der Waals surface area contributed by atoms with E-state index in [4.69, 9.17) is 9.84 Å². The maximum Gasteiger partial charge on any atom is 0.347 e. The fraction of sp³-hybridized carbons (Fsp3) is 0.389. The van der Waals surface area contributed by atoms with Crippen LogP contribution in [0.15, 0.2) is 60.0 Å². The molecule has 1 aliphatic rings. The minimum atomic E-state index is -0.395. The Morgan fingerprint density at radius 2 is 1.79 bits per heavy atom. The fourth-order valence-electron chi connectivity index (χ4n) is 5.91. The first-order valence-corrected chi connectivity index (χ1v) is 18.3. The molecule has 2 aromatic carbocycles. The molecule has 0 aliphatic carbocycles. The Labute approximate surface area is 288 Å². The van der Waals surface area contributed by atoms with Crippen LogP contribution in [0.2, 0.25) is 0 Å². The molecule has 252 valence electrons. The topological polar surface area (TPSA) is 117 Å². The number of ether oxygens (including phenoxy) is 1. The molecule has 1 atom stereocenters. The largest absolute Gasteiger partial charge is 0.465 e. The van der Waals surface area contributed by atoms with Crippen LogP contribution in [0.5, 0.6) is 0 Å². The molecule has 0 spiro atoms. The molecular weight excluding hydrogens is 643 g/mol. The number of benzene rings is 2. The molecule has 2 amide bonds. The molecule has 2 N–H and O–H groups in total. The predicted molar refractivity (Wildman–Crippen MR) is 190 cm³/mol. The van der Waals surface area contributed by atoms with E-state index in [1.54, 1.807) is 21.7 Å². The normalized spacial score (nSPS) is 14.0. The van der Waals surface area contributed by atoms with Gasteiger partial charge in [0.25, 0.3) is 11.8 Å². The highest BCUT2D eigenvalue weighted by molar-refractivity contribution is 7.13. The molecule has 10 nitrogen and oxygen atoms in total. The van der Waals surface area contributed by atoms with Crippen LogP contribution in [-0.4, -0.2) is 85.0 Å². The minimum Gasteiger partial charge on any atom is -0.465 e. The summed E-state index contributed by atoms with van der Waals surface area (Å²) in [4.78, 5) is 48.0. The highest BCUT2D eigenvalue weighted by Crippen LogP contribution is 2.29. The molecule has 0 bridgehead atoms. The van der Waals surface area contributed by atoms with Gasteiger partial charge in [0.2, 0.25) is 9.68 Å². The van der Waals surface area contributed by atoms with E-state index in [1.807, 2.05) is 59.7 Å². The molecule has 2 radical (unpaired) electrons. The zero-order valence-electron chi connectivity index (χ0n) is 28.0. The van der Waals surface area contributed by atoms with Gasteiger partial charge in [-0.05, 0) is 78.2 Å². The number of carbonyl (C=O) groups excluding carboxylic acids is 3. The molecule has 0 fully saturated rings. The SMILES string of the molecule is CCCCN(CCCC)C(=O)c1cc(C)n(-c2ccc(N[Si]c3ccsc3C(=O)OC)cc2C(=O)N2Cc3ccccc3C[C@H]2CO)n1. The van der Waals surface area contributed by atoms with Crippen molar-refractivity contribution in [1.82, 2.24) is 19.6 Å². The summed E-state index contributed by atoms with van der Waals surface area (Å²) in [5.74, 6) is -0.744. The van der Waals surface area contributed by atoms with Gasteiger partial charge in [-0.1, -0.05) is 51.0 Å². The third-order valence-corrected chi connectivity index (χ3v) is 10.8. The highest BCUT2D eigenvalue weighted by atomic mass is 32.1. The van der Waals surface area contributed by atoms with Gasteiger partial charge in [-0.25, -0.2) is 9.48 Å². The number of rotatable bonds is 14. The van der Waals surface area contributed by atoms with E-state index in [-0.39, 0.29) is 34.1 Å². The molecule has 12 heteroatoms. The van der Waals surface area contributed by atoms with Crippen LogP contribution < -0.4 is 10.2 Å². The Morgan fingerprint density at radius 3 is 2.48 bits per heavy atom. The zero-order chi connectivity index (χ0) is 34.2. The average molecular weight is 686 g/mol. The number of aliphatic hydroxyl groups excluding tert-OH is 1. The predicted octanol–water partition coefficient (Wildman–Crippen LogP) is 4.99. The number of methoxy groups -OCH3 is 1. The number of aromatic nitrogens is 2. The van der Waals surface area contributed by atoms with Gasteiger partial charge in [-0.15, -0.1) is 11.3 Å². The van der Waals surface area contributed by atoms with E-state index in [2.05, 4.69) is 18.8 Å². The van der Waals surface area contributed by atoms with Gasteiger partial charge < -0.3 is 24.6 Å². The van der Waals surface area contributed by atoms with Crippen LogP contribution in [-0.2, 0) is 17.7 Å². The quantitative estimate of drug-likeness (QED) is 0.142. The molecule has 2 aromatic heterocycles. The molecule has 0 saturated carbocycles. The van der Waals surface area contributed by atoms with Crippen molar-refractivity contribution in [2.75, 3.05) is 31.8 Å². The Kier molecular flexibility index (Phi) is 11.8. The van der Waals surface area contributed by atoms with Crippen molar-refractivity contribution in [3.8, 4) is 5.69 Å². The summed E-state index contributed by atoms with van der Waals surface area (Å²) in [5, 5.41) is 17.8. The van der Waals surface area contributed by atoms with E-state index in [9.17, 15) is 19.5 Å². The lowest BCUT2D eigenvalue weighted by Gasteiger charge is -2.36. The summed E-state index contributed by atoms with van der Waals surface area (Å²) in [6.07, 6.45) is 4.36. The first-order chi connectivity index (χ1) is 23.3. The monoisotopic (exact) mass is 685 g/mol. The maximum atomic E-state index is 14.6. The number of carbonyl (C=O) groups is 3. The molecule has 1 aliphatic heterocycles. The van der Waals surface area contributed by atoms with Gasteiger partial charge in [0.05, 0.1) is 31.0 Å². The van der Waals surface area contributed by atoms with Crippen LogP contribution in [0, 0.1) is 6.92 Å². The van der Waals surface area contributed by atoms with Crippen molar-refractivity contribution in [2.24, 2.45) is 0 Å². The number of anilines is 1. The lowest BCUT2D eigenvalue weighted by molar-refractivity contribution is 0.0543. The second-order valence-electron chi connectivity index (χ2n) is 12.0. The summed E-state index contributed by atoms with van der Waals surface area (Å²) in [6.45, 7) is 7.64. The number of nitrogens with zero attached hydrogens (tertiary/aromatic N) is 4. The van der Waals surface area contributed by atoms with Crippen molar-refractivity contribution < 1.29 is 24.2 Å². The second kappa shape index (κ2) is 16.2. The van der Waals surface area contributed by atoms with Gasteiger partial charge >= 0.3 is 5.97 Å². The van der Waals surface area contributed by atoms with Gasteiger partial charge in [0, 0.05) is 31.0 Å². The van der Waals surface area contributed by atoms with Crippen LogP contribution >= 0.6 is 11.3 Å². The number of hydrogen-bond donors (Lipinski definition) is 2. The average Bonchev–Trinajstić information content (AvgIpc) is 3.75. The van der Waals surface area contributed by atoms with Crippen LogP contribution in [0.25, 0.3) is 5.69 Å². The smallest absolute Gasteiger partial charge is 0.347 e. The van der Waals surface area contributed by atoms with E-state index in [0.717, 1.165) is 47.7 Å². The van der Waals surface area contributed by atoms with Gasteiger partial charge in [0.15, 0.2) is 5.69 Å². The number of fused-ring (bicyclic) bond motifs is 1. The lowest BCUT2D eigenvalue weighted by Crippen LogP contribution is -2.46. The summed E-state index contributed by atoms with van der Waals surface area (Å²) in [6, 6.07) is 16.8. The number of nitrogens with one attached hydrogen (secondary N) is 1. The van der Waals surface area contributed by atoms with E-state index < -0.39 is 6.04 Å². The van der Waals surface area contributed by atoms with Crippen molar-refractivity contribution in [3.05, 3.63) is 92.9 Å². The summed E-state index contributed by atoms with van der Waals surface area (Å²) >= 11 is 1.32. The minimum absolute atomic E-state index is 0.0480. The molecule has 4 aromatic rings. The number of esters is 1. The van der Waals surface area contributed by atoms with E-state index >= 15 is 0 Å². The van der Waals surface area contributed by atoms with Crippen molar-refractivity contribution in [1.29, 1.82) is 0 Å². The Morgan fingerprint density at radius 1 is 1.06 bits per heavy atom. The Balaban J connectivity index is 1.52. The fourth-order valence-corrected chi connectivity index (χ4v) is 7.89. The number of hydrogen-bond acceptors (Lipinski definition) is 8. The number of aryl methyl sites for hydroxylation is 1. The van der Waals surface area contributed by atoms with E-state index in [0.29, 0.717) is 53.6 Å². The van der Waals surface area contributed by atoms with Crippen LogP contribution in [0.1, 0.15) is 86.9 Å². The van der Waals surface area contributed by atoms with Crippen LogP contribution in [0.4, 0.5) is 5.69 Å². The number of aliphatic hydroxyl groups is 1. The zero-order valence-corrected chi connectivity index (χ0v) is 29.8. The number of amides is 2. The first kappa shape index (κ1) is 35.1. The van der Waals surface area contributed by atoms with Gasteiger partial charge in [-0.3, -0.25) is 9.59 Å². The molecule has 48 heavy (non-hydrogen) atoms. The summed E-state index contributed by atoms with van der Waals surface area (Å²) < 4.78 is 6.61. The Hall–Kier alpha value is -4.26. The van der Waals surface area contributed by atoms with Crippen molar-refractivity contribution >= 4 is 49.7 Å². The maximum absolute atomic E-state index is 14.6. The highest BCUT2D eigenvalue weighted by Gasteiger charge is 2.32. The molecule has 3 heterocycles. The molecule has 0 unspecified atom stereocenters. The third-order valence-electron chi connectivity index (χ3n) is 8.62. The lowest BCUT2D eigenvalue weighted by atomic mass is 9.93. The molecular formula is C36H43N5O5SSi. The standard InChI is InChI=1S/C36H43N5O5SSi/c1-5-7-16-39(17-8-6-2)35(44)30-19-24(3)41(37-30)31-14-13-27(38-48-32-15-18-47-33(32)36(45)46-4)21-29(31)34(43)40-22-26-12-10-9-11-25(26)20-28(40)23-42/h9-15,18-19,21,28,38,42H,5-8,16-17,20,22-23H2,1-4H3/t28-/m0/s1. The van der Waals surface area contributed by atoms with Gasteiger partial charge in [0.1, 0.15) is 4.88 Å². The summed E-state index contributed by atoms with van der Waals surface area (Å²) in [7, 11) is 1.41. The first-order valence-electron chi connectivity index (χ1n) is 16.5. The molecule has 0 saturated heterocycles.